The molecule has 1 aliphatic rings. The van der Waals surface area contributed by atoms with E-state index in [1.165, 1.54) is 0 Å². The van der Waals surface area contributed by atoms with Crippen molar-refractivity contribution in [3.63, 3.8) is 0 Å². The summed E-state index contributed by atoms with van der Waals surface area (Å²) in [6, 6.07) is 1.84. The van der Waals surface area contributed by atoms with E-state index in [-0.39, 0.29) is 0 Å². The molecule has 1 saturated heterocycles. The molecule has 3 heteroatoms. The maximum Gasteiger partial charge on any atom is 0.225 e. The first-order valence-corrected chi connectivity index (χ1v) is 3.88. The van der Waals surface area contributed by atoms with Gasteiger partial charge in [0, 0.05) is 25.5 Å². The average molecular weight is 149 g/mol. The monoisotopic (exact) mass is 149 g/mol. The van der Waals surface area contributed by atoms with Gasteiger partial charge in [0.15, 0.2) is 0 Å². The minimum Gasteiger partial charge on any atom is -0.340 e. The minimum atomic E-state index is 0.804. The summed E-state index contributed by atoms with van der Waals surface area (Å²) in [5, 5.41) is 0. The Bertz CT molecular complexity index is 228. The largest absolute Gasteiger partial charge is 0.340 e. The number of nitrogens with zero attached hydrogens (tertiary/aromatic N) is 3. The Morgan fingerprint density at radius 2 is 2.00 bits per heavy atom. The lowest BCUT2D eigenvalue weighted by Gasteiger charge is -2.36. The Hall–Kier alpha value is -1.12. The maximum atomic E-state index is 4.15. The Morgan fingerprint density at radius 3 is 2.55 bits per heavy atom. The van der Waals surface area contributed by atoms with Crippen LogP contribution in [0.4, 0.5) is 5.95 Å². The molecule has 0 bridgehead atoms. The molecule has 0 aromatic carbocycles. The van der Waals surface area contributed by atoms with Crippen LogP contribution in [0.5, 0.6) is 0 Å². The highest BCUT2D eigenvalue weighted by molar-refractivity contribution is 5.32. The van der Waals surface area contributed by atoms with Gasteiger partial charge in [0.2, 0.25) is 5.95 Å². The highest BCUT2D eigenvalue weighted by Crippen LogP contribution is 2.18. The van der Waals surface area contributed by atoms with E-state index in [9.17, 15) is 0 Å². The van der Waals surface area contributed by atoms with E-state index in [4.69, 9.17) is 0 Å². The molecule has 0 N–H and O–H groups in total. The summed E-state index contributed by atoms with van der Waals surface area (Å²) >= 11 is 0. The molecule has 0 spiro atoms. The molecular formula is C8H11N3. The van der Waals surface area contributed by atoms with Crippen LogP contribution in [-0.2, 0) is 0 Å². The SMILES string of the molecule is CC1CN(c2ncccn2)C1. The zero-order valence-corrected chi connectivity index (χ0v) is 6.57. The third-order valence-corrected chi connectivity index (χ3v) is 1.90. The van der Waals surface area contributed by atoms with Crippen molar-refractivity contribution in [2.75, 3.05) is 18.0 Å². The van der Waals surface area contributed by atoms with Gasteiger partial charge in [-0.25, -0.2) is 9.97 Å². The number of hydrogen-bond donors (Lipinski definition) is 0. The van der Waals surface area contributed by atoms with Crippen LogP contribution in [0.2, 0.25) is 0 Å². The number of anilines is 1. The van der Waals surface area contributed by atoms with Gasteiger partial charge in [-0.05, 0) is 12.0 Å². The fraction of sp³-hybridized carbons (Fsp3) is 0.500. The molecule has 1 aliphatic heterocycles. The molecule has 0 atom stereocenters. The Labute approximate surface area is 66.1 Å². The molecule has 11 heavy (non-hydrogen) atoms. The quantitative estimate of drug-likeness (QED) is 0.595. The first-order valence-electron chi connectivity index (χ1n) is 3.88. The fourth-order valence-electron chi connectivity index (χ4n) is 1.32. The fourth-order valence-corrected chi connectivity index (χ4v) is 1.32. The Kier molecular flexibility index (Phi) is 1.49. The maximum absolute atomic E-state index is 4.15. The van der Waals surface area contributed by atoms with Gasteiger partial charge in [0.05, 0.1) is 0 Å². The van der Waals surface area contributed by atoms with E-state index in [0.717, 1.165) is 25.0 Å². The van der Waals surface area contributed by atoms with Crippen molar-refractivity contribution >= 4 is 5.95 Å². The average Bonchev–Trinajstić information content (AvgIpc) is 2.01. The van der Waals surface area contributed by atoms with E-state index in [1.54, 1.807) is 12.4 Å². The summed E-state index contributed by atoms with van der Waals surface area (Å²) in [6.07, 6.45) is 3.57. The third-order valence-electron chi connectivity index (χ3n) is 1.90. The third kappa shape index (κ3) is 1.18. The van der Waals surface area contributed by atoms with Crippen molar-refractivity contribution in [2.45, 2.75) is 6.92 Å². The molecule has 2 rings (SSSR count). The lowest BCUT2D eigenvalue weighted by Crippen LogP contribution is -2.46. The summed E-state index contributed by atoms with van der Waals surface area (Å²) in [5.41, 5.74) is 0. The molecule has 0 saturated carbocycles. The molecule has 0 aliphatic carbocycles. The number of hydrogen-bond acceptors (Lipinski definition) is 3. The summed E-state index contributed by atoms with van der Waals surface area (Å²) in [5.74, 6) is 1.67. The summed E-state index contributed by atoms with van der Waals surface area (Å²) in [6.45, 7) is 4.44. The predicted molar refractivity (Wildman–Crippen MR) is 43.4 cm³/mol. The van der Waals surface area contributed by atoms with Crippen LogP contribution in [0.1, 0.15) is 6.92 Å². The summed E-state index contributed by atoms with van der Waals surface area (Å²) in [7, 11) is 0. The minimum absolute atomic E-state index is 0.804. The van der Waals surface area contributed by atoms with Crippen LogP contribution in [0.15, 0.2) is 18.5 Å². The molecule has 2 heterocycles. The zero-order chi connectivity index (χ0) is 7.68. The van der Waals surface area contributed by atoms with Gasteiger partial charge in [-0.1, -0.05) is 6.92 Å². The molecule has 0 amide bonds. The van der Waals surface area contributed by atoms with Crippen molar-refractivity contribution in [2.24, 2.45) is 5.92 Å². The second-order valence-electron chi connectivity index (χ2n) is 3.06. The van der Waals surface area contributed by atoms with Crippen molar-refractivity contribution in [3.8, 4) is 0 Å². The topological polar surface area (TPSA) is 29.0 Å². The van der Waals surface area contributed by atoms with E-state index >= 15 is 0 Å². The van der Waals surface area contributed by atoms with Gasteiger partial charge in [0.1, 0.15) is 0 Å². The summed E-state index contributed by atoms with van der Waals surface area (Å²) in [4.78, 5) is 10.5. The molecule has 0 radical (unpaired) electrons. The van der Waals surface area contributed by atoms with Crippen LogP contribution in [0.3, 0.4) is 0 Å². The normalized spacial score (nSPS) is 18.1. The molecular weight excluding hydrogens is 138 g/mol. The summed E-state index contributed by atoms with van der Waals surface area (Å²) < 4.78 is 0. The van der Waals surface area contributed by atoms with E-state index in [1.807, 2.05) is 6.07 Å². The van der Waals surface area contributed by atoms with Crippen LogP contribution in [0, 0.1) is 5.92 Å². The van der Waals surface area contributed by atoms with Gasteiger partial charge < -0.3 is 4.90 Å². The number of rotatable bonds is 1. The Morgan fingerprint density at radius 1 is 1.36 bits per heavy atom. The lowest BCUT2D eigenvalue weighted by atomic mass is 10.0. The first kappa shape index (κ1) is 6.58. The molecule has 1 fully saturated rings. The Balaban J connectivity index is 2.08. The smallest absolute Gasteiger partial charge is 0.225 e. The van der Waals surface area contributed by atoms with Gasteiger partial charge in [0.25, 0.3) is 0 Å². The molecule has 0 unspecified atom stereocenters. The molecule has 3 nitrogen and oxygen atoms in total. The van der Waals surface area contributed by atoms with E-state index in [0.29, 0.717) is 0 Å². The molecule has 1 aromatic rings. The molecule has 1 aromatic heterocycles. The first-order chi connectivity index (χ1) is 5.36. The second kappa shape index (κ2) is 2.49. The predicted octanol–water partition coefficient (Wildman–Crippen LogP) is 0.933. The highest BCUT2D eigenvalue weighted by Gasteiger charge is 2.23. The van der Waals surface area contributed by atoms with Gasteiger partial charge in [-0.3, -0.25) is 0 Å². The van der Waals surface area contributed by atoms with Crippen molar-refractivity contribution < 1.29 is 0 Å². The van der Waals surface area contributed by atoms with Crippen molar-refractivity contribution in [1.29, 1.82) is 0 Å². The standard InChI is InChI=1S/C8H11N3/c1-7-5-11(6-7)8-9-3-2-4-10-8/h2-4,7H,5-6H2,1H3. The molecule has 58 valence electrons. The highest BCUT2D eigenvalue weighted by atomic mass is 15.3. The van der Waals surface area contributed by atoms with E-state index in [2.05, 4.69) is 21.8 Å². The lowest BCUT2D eigenvalue weighted by molar-refractivity contribution is 0.439. The van der Waals surface area contributed by atoms with Crippen molar-refractivity contribution in [3.05, 3.63) is 18.5 Å². The van der Waals surface area contributed by atoms with Crippen LogP contribution >= 0.6 is 0 Å². The zero-order valence-electron chi connectivity index (χ0n) is 6.57. The van der Waals surface area contributed by atoms with Crippen LogP contribution in [-0.4, -0.2) is 23.1 Å². The van der Waals surface area contributed by atoms with Gasteiger partial charge in [-0.2, -0.15) is 0 Å². The van der Waals surface area contributed by atoms with Crippen molar-refractivity contribution in [1.82, 2.24) is 9.97 Å². The second-order valence-corrected chi connectivity index (χ2v) is 3.06. The van der Waals surface area contributed by atoms with Crippen LogP contribution < -0.4 is 4.90 Å². The van der Waals surface area contributed by atoms with Crippen LogP contribution in [0.25, 0.3) is 0 Å². The van der Waals surface area contributed by atoms with Gasteiger partial charge in [-0.15, -0.1) is 0 Å². The van der Waals surface area contributed by atoms with Gasteiger partial charge >= 0.3 is 0 Å². The number of aromatic nitrogens is 2. The van der Waals surface area contributed by atoms with E-state index < -0.39 is 0 Å².